The number of amides is 3. The summed E-state index contributed by atoms with van der Waals surface area (Å²) in [7, 11) is 0. The Kier molecular flexibility index (Phi) is 4.28. The van der Waals surface area contributed by atoms with Gasteiger partial charge in [-0.15, -0.1) is 0 Å². The monoisotopic (exact) mass is 390 g/mol. The van der Waals surface area contributed by atoms with Crippen LogP contribution < -0.4 is 10.1 Å². The standard InChI is InChI=1S/C19H16ClFN2O4/c1-19(14-4-2-3-5-15(14)21)17(24)23(18(25)22-19)8-11-6-13(20)7-12-9-26-10-27-16(11)12/h2-7H,8-10H2,1H3,(H,22,25). The lowest BCUT2D eigenvalue weighted by Gasteiger charge is -2.24. The van der Waals surface area contributed by atoms with Crippen LogP contribution in [0.4, 0.5) is 9.18 Å². The van der Waals surface area contributed by atoms with Crippen molar-refractivity contribution in [3.05, 3.63) is 63.9 Å². The minimum atomic E-state index is -1.48. The van der Waals surface area contributed by atoms with E-state index >= 15 is 0 Å². The molecule has 1 atom stereocenters. The number of urea groups is 1. The first kappa shape index (κ1) is 17.8. The number of carbonyl (C=O) groups is 2. The van der Waals surface area contributed by atoms with E-state index in [1.54, 1.807) is 18.2 Å². The van der Waals surface area contributed by atoms with E-state index in [-0.39, 0.29) is 18.9 Å². The zero-order valence-corrected chi connectivity index (χ0v) is 15.2. The Morgan fingerprint density at radius 3 is 2.85 bits per heavy atom. The molecular weight excluding hydrogens is 375 g/mol. The van der Waals surface area contributed by atoms with Crippen LogP contribution in [0, 0.1) is 5.82 Å². The van der Waals surface area contributed by atoms with E-state index in [9.17, 15) is 14.0 Å². The Balaban J connectivity index is 1.68. The third-order valence-corrected chi connectivity index (χ3v) is 4.99. The fourth-order valence-corrected chi connectivity index (χ4v) is 3.70. The van der Waals surface area contributed by atoms with Crippen LogP contribution in [0.2, 0.25) is 5.02 Å². The number of nitrogens with zero attached hydrogens (tertiary/aromatic N) is 1. The van der Waals surface area contributed by atoms with Gasteiger partial charge >= 0.3 is 6.03 Å². The number of nitrogens with one attached hydrogen (secondary N) is 1. The van der Waals surface area contributed by atoms with Crippen molar-refractivity contribution < 1.29 is 23.5 Å². The van der Waals surface area contributed by atoms with Gasteiger partial charge < -0.3 is 14.8 Å². The van der Waals surface area contributed by atoms with Gasteiger partial charge in [-0.25, -0.2) is 9.18 Å². The number of imide groups is 1. The molecule has 2 aliphatic rings. The smallest absolute Gasteiger partial charge is 0.325 e. The second-order valence-corrected chi connectivity index (χ2v) is 7.03. The Morgan fingerprint density at radius 1 is 1.30 bits per heavy atom. The molecule has 0 saturated carbocycles. The van der Waals surface area contributed by atoms with Crippen LogP contribution in [0.15, 0.2) is 36.4 Å². The van der Waals surface area contributed by atoms with Crippen molar-refractivity contribution in [3.63, 3.8) is 0 Å². The highest BCUT2D eigenvalue weighted by molar-refractivity contribution is 6.30. The van der Waals surface area contributed by atoms with E-state index < -0.39 is 23.3 Å². The van der Waals surface area contributed by atoms with E-state index in [4.69, 9.17) is 21.1 Å². The summed E-state index contributed by atoms with van der Waals surface area (Å²) in [5, 5.41) is 3.05. The number of ether oxygens (including phenoxy) is 2. The van der Waals surface area contributed by atoms with E-state index in [0.717, 1.165) is 10.5 Å². The van der Waals surface area contributed by atoms with Gasteiger partial charge in [-0.2, -0.15) is 0 Å². The number of rotatable bonds is 3. The average molecular weight is 391 g/mol. The summed E-state index contributed by atoms with van der Waals surface area (Å²) < 4.78 is 25.0. The second kappa shape index (κ2) is 6.51. The maximum Gasteiger partial charge on any atom is 0.325 e. The quantitative estimate of drug-likeness (QED) is 0.816. The van der Waals surface area contributed by atoms with Crippen molar-refractivity contribution in [1.29, 1.82) is 0 Å². The number of hydrogen-bond donors (Lipinski definition) is 1. The Hall–Kier alpha value is -2.64. The number of halogens is 2. The fraction of sp³-hybridized carbons (Fsp3) is 0.263. The molecule has 6 nitrogen and oxygen atoms in total. The molecule has 1 N–H and O–H groups in total. The minimum Gasteiger partial charge on any atom is -0.467 e. The van der Waals surface area contributed by atoms with Crippen LogP contribution in [0.5, 0.6) is 5.75 Å². The van der Waals surface area contributed by atoms with Gasteiger partial charge in [0, 0.05) is 21.7 Å². The van der Waals surface area contributed by atoms with Crippen molar-refractivity contribution in [2.24, 2.45) is 0 Å². The molecule has 2 heterocycles. The Morgan fingerprint density at radius 2 is 2.07 bits per heavy atom. The molecule has 4 rings (SSSR count). The molecule has 0 bridgehead atoms. The molecule has 2 aromatic carbocycles. The van der Waals surface area contributed by atoms with Crippen LogP contribution in [0.1, 0.15) is 23.6 Å². The van der Waals surface area contributed by atoms with Gasteiger partial charge in [0.2, 0.25) is 0 Å². The van der Waals surface area contributed by atoms with Gasteiger partial charge in [0.1, 0.15) is 17.1 Å². The predicted octanol–water partition coefficient (Wildman–Crippen LogP) is 3.31. The molecule has 1 unspecified atom stereocenters. The lowest BCUT2D eigenvalue weighted by atomic mass is 9.91. The highest BCUT2D eigenvalue weighted by Crippen LogP contribution is 2.35. The molecule has 8 heteroatoms. The van der Waals surface area contributed by atoms with Crippen molar-refractivity contribution in [2.75, 3.05) is 6.79 Å². The molecule has 0 aliphatic carbocycles. The number of fused-ring (bicyclic) bond motifs is 1. The van der Waals surface area contributed by atoms with E-state index in [0.29, 0.717) is 22.9 Å². The maximum absolute atomic E-state index is 14.2. The third-order valence-electron chi connectivity index (χ3n) is 4.77. The zero-order chi connectivity index (χ0) is 19.2. The topological polar surface area (TPSA) is 67.9 Å². The second-order valence-electron chi connectivity index (χ2n) is 6.59. The van der Waals surface area contributed by atoms with E-state index in [1.807, 2.05) is 0 Å². The molecule has 1 fully saturated rings. The minimum absolute atomic E-state index is 0.0440. The largest absolute Gasteiger partial charge is 0.467 e. The molecule has 0 aromatic heterocycles. The highest BCUT2D eigenvalue weighted by Gasteiger charge is 2.50. The van der Waals surface area contributed by atoms with Crippen molar-refractivity contribution >= 4 is 23.5 Å². The summed E-state index contributed by atoms with van der Waals surface area (Å²) in [5.74, 6) is -0.555. The predicted molar refractivity (Wildman–Crippen MR) is 94.6 cm³/mol. The molecule has 1 saturated heterocycles. The summed E-state index contributed by atoms with van der Waals surface area (Å²) in [5.41, 5.74) is -0.0382. The molecule has 2 aromatic rings. The van der Waals surface area contributed by atoms with Crippen LogP contribution in [-0.2, 0) is 28.2 Å². The van der Waals surface area contributed by atoms with E-state index in [1.165, 1.54) is 25.1 Å². The van der Waals surface area contributed by atoms with E-state index in [2.05, 4.69) is 5.32 Å². The Labute approximate surface area is 159 Å². The fourth-order valence-electron chi connectivity index (χ4n) is 3.43. The molecule has 0 spiro atoms. The molecule has 3 amide bonds. The third kappa shape index (κ3) is 2.93. The van der Waals surface area contributed by atoms with Crippen LogP contribution in [-0.4, -0.2) is 23.6 Å². The van der Waals surface area contributed by atoms with Gasteiger partial charge in [0.25, 0.3) is 5.91 Å². The summed E-state index contributed by atoms with van der Waals surface area (Å²) in [6, 6.07) is 8.64. The average Bonchev–Trinajstić information content (AvgIpc) is 2.86. The Bertz CT molecular complexity index is 951. The van der Waals surface area contributed by atoms with Crippen LogP contribution in [0.25, 0.3) is 0 Å². The van der Waals surface area contributed by atoms with Gasteiger partial charge in [-0.1, -0.05) is 29.8 Å². The van der Waals surface area contributed by atoms with Crippen molar-refractivity contribution in [2.45, 2.75) is 25.6 Å². The zero-order valence-electron chi connectivity index (χ0n) is 14.4. The lowest BCUT2D eigenvalue weighted by molar-refractivity contribution is -0.131. The highest BCUT2D eigenvalue weighted by atomic mass is 35.5. The summed E-state index contributed by atoms with van der Waals surface area (Å²) in [4.78, 5) is 26.6. The molecule has 0 radical (unpaired) electrons. The van der Waals surface area contributed by atoms with Crippen molar-refractivity contribution in [3.8, 4) is 5.75 Å². The van der Waals surface area contributed by atoms with Gasteiger partial charge in [-0.3, -0.25) is 9.69 Å². The first-order chi connectivity index (χ1) is 12.9. The molecule has 2 aliphatic heterocycles. The van der Waals surface area contributed by atoms with Gasteiger partial charge in [0.05, 0.1) is 13.2 Å². The normalized spacial score (nSPS) is 21.7. The first-order valence-electron chi connectivity index (χ1n) is 8.31. The number of carbonyl (C=O) groups excluding carboxylic acids is 2. The molecular formula is C19H16ClFN2O4. The van der Waals surface area contributed by atoms with Crippen LogP contribution >= 0.6 is 11.6 Å². The maximum atomic E-state index is 14.2. The first-order valence-corrected chi connectivity index (χ1v) is 8.69. The molecule has 27 heavy (non-hydrogen) atoms. The number of hydrogen-bond acceptors (Lipinski definition) is 4. The molecule has 140 valence electrons. The SMILES string of the molecule is CC1(c2ccccc2F)NC(=O)N(Cc2cc(Cl)cc3c2OCOC3)C1=O. The summed E-state index contributed by atoms with van der Waals surface area (Å²) in [6.45, 7) is 1.85. The summed E-state index contributed by atoms with van der Waals surface area (Å²) >= 11 is 6.15. The van der Waals surface area contributed by atoms with Crippen LogP contribution in [0.3, 0.4) is 0 Å². The van der Waals surface area contributed by atoms with Gasteiger partial charge in [0.15, 0.2) is 6.79 Å². The van der Waals surface area contributed by atoms with Crippen molar-refractivity contribution in [1.82, 2.24) is 10.2 Å². The number of benzene rings is 2. The summed E-state index contributed by atoms with van der Waals surface area (Å²) in [6.07, 6.45) is 0. The lowest BCUT2D eigenvalue weighted by Crippen LogP contribution is -2.41. The van der Waals surface area contributed by atoms with Gasteiger partial charge in [-0.05, 0) is 25.1 Å².